The first-order valence-corrected chi connectivity index (χ1v) is 10.5. The Morgan fingerprint density at radius 2 is 1.81 bits per heavy atom. The van der Waals surface area contributed by atoms with E-state index in [0.29, 0.717) is 17.2 Å². The second-order valence-corrected chi connectivity index (χ2v) is 7.98. The molecule has 0 spiro atoms. The van der Waals surface area contributed by atoms with Gasteiger partial charge in [0.05, 0.1) is 10.6 Å². The molecule has 0 saturated heterocycles. The van der Waals surface area contributed by atoms with Crippen LogP contribution in [0.5, 0.6) is 0 Å². The first kappa shape index (κ1) is 20.5. The number of amides is 2. The van der Waals surface area contributed by atoms with Gasteiger partial charge in [-0.05, 0) is 17.7 Å². The molecule has 31 heavy (non-hydrogen) atoms. The number of carbonyl (C=O) groups excluding carboxylic acids is 2. The normalized spacial score (nSPS) is 10.6. The summed E-state index contributed by atoms with van der Waals surface area (Å²) in [5.74, 6) is 0.452. The second-order valence-electron chi connectivity index (χ2n) is 6.99. The summed E-state index contributed by atoms with van der Waals surface area (Å²) in [5, 5.41) is 6.14. The highest BCUT2D eigenvalue weighted by Gasteiger charge is 2.19. The van der Waals surface area contributed by atoms with Crippen LogP contribution in [0.3, 0.4) is 0 Å². The summed E-state index contributed by atoms with van der Waals surface area (Å²) in [5.41, 5.74) is 3.17. The molecule has 2 heterocycles. The van der Waals surface area contributed by atoms with Gasteiger partial charge in [0.1, 0.15) is 0 Å². The van der Waals surface area contributed by atoms with Gasteiger partial charge < -0.3 is 9.88 Å². The molecule has 2 aromatic heterocycles. The fourth-order valence-electron chi connectivity index (χ4n) is 3.07. The molecule has 0 bridgehead atoms. The molecule has 156 valence electrons. The Balaban J connectivity index is 1.59. The van der Waals surface area contributed by atoms with Crippen LogP contribution >= 0.6 is 11.3 Å². The van der Waals surface area contributed by atoms with Gasteiger partial charge >= 0.3 is 0 Å². The smallest absolute Gasteiger partial charge is 0.257 e. The third kappa shape index (κ3) is 4.70. The molecule has 2 aromatic carbocycles. The van der Waals surface area contributed by atoms with Crippen LogP contribution in [0.2, 0.25) is 0 Å². The minimum absolute atomic E-state index is 0.0941. The van der Waals surface area contributed by atoms with Crippen molar-refractivity contribution in [2.75, 3.05) is 5.32 Å². The molecule has 0 fully saturated rings. The molecule has 7 nitrogen and oxygen atoms in total. The summed E-state index contributed by atoms with van der Waals surface area (Å²) in [4.78, 5) is 33.9. The van der Waals surface area contributed by atoms with E-state index in [9.17, 15) is 9.59 Å². The van der Waals surface area contributed by atoms with Crippen molar-refractivity contribution >= 4 is 28.3 Å². The monoisotopic (exact) mass is 431 g/mol. The number of anilines is 1. The third-order valence-corrected chi connectivity index (χ3v) is 5.64. The van der Waals surface area contributed by atoms with Crippen LogP contribution in [-0.2, 0) is 18.4 Å². The summed E-state index contributed by atoms with van der Waals surface area (Å²) in [6.45, 7) is 1.90. The van der Waals surface area contributed by atoms with Gasteiger partial charge in [-0.1, -0.05) is 53.8 Å². The maximum Gasteiger partial charge on any atom is 0.257 e. The van der Waals surface area contributed by atoms with E-state index in [2.05, 4.69) is 15.6 Å². The van der Waals surface area contributed by atoms with Crippen LogP contribution in [0.4, 0.5) is 5.13 Å². The molecule has 4 aromatic rings. The van der Waals surface area contributed by atoms with Crippen LogP contribution in [-0.4, -0.2) is 26.3 Å². The van der Waals surface area contributed by atoms with E-state index in [4.69, 9.17) is 4.98 Å². The summed E-state index contributed by atoms with van der Waals surface area (Å²) >= 11 is 1.39. The van der Waals surface area contributed by atoms with E-state index < -0.39 is 0 Å². The van der Waals surface area contributed by atoms with Crippen molar-refractivity contribution < 1.29 is 9.59 Å². The summed E-state index contributed by atoms with van der Waals surface area (Å²) in [7, 11) is 1.93. The van der Waals surface area contributed by atoms with Gasteiger partial charge in [-0.25, -0.2) is 9.97 Å². The van der Waals surface area contributed by atoms with Crippen molar-refractivity contribution in [1.82, 2.24) is 19.9 Å². The molecule has 2 N–H and O–H groups in total. The van der Waals surface area contributed by atoms with Gasteiger partial charge in [-0.2, -0.15) is 0 Å². The fraction of sp³-hybridized carbons (Fsp3) is 0.130. The lowest BCUT2D eigenvalue weighted by molar-refractivity contribution is -0.119. The predicted octanol–water partition coefficient (Wildman–Crippen LogP) is 4.10. The van der Waals surface area contributed by atoms with Crippen molar-refractivity contribution in [3.05, 3.63) is 78.1 Å². The highest BCUT2D eigenvalue weighted by atomic mass is 32.1. The lowest BCUT2D eigenvalue weighted by atomic mass is 10.1. The SMILES string of the molecule is CC(=O)NCc1ccc(C(=O)Nc2nc(-c3ccccc3)c(-c3nccn3C)s2)cc1. The lowest BCUT2D eigenvalue weighted by Crippen LogP contribution is -2.19. The molecule has 0 aliphatic heterocycles. The van der Waals surface area contributed by atoms with Gasteiger partial charge in [-0.15, -0.1) is 0 Å². The second kappa shape index (κ2) is 8.93. The highest BCUT2D eigenvalue weighted by Crippen LogP contribution is 2.38. The van der Waals surface area contributed by atoms with Gasteiger partial charge in [0.2, 0.25) is 5.91 Å². The zero-order valence-electron chi connectivity index (χ0n) is 17.1. The van der Waals surface area contributed by atoms with Gasteiger partial charge in [0.25, 0.3) is 5.91 Å². The Bertz CT molecular complexity index is 1210. The molecule has 0 saturated carbocycles. The average Bonchev–Trinajstić information content (AvgIpc) is 3.39. The number of hydrogen-bond donors (Lipinski definition) is 2. The van der Waals surface area contributed by atoms with E-state index in [-0.39, 0.29) is 11.8 Å². The highest BCUT2D eigenvalue weighted by molar-refractivity contribution is 7.19. The summed E-state index contributed by atoms with van der Waals surface area (Å²) in [6, 6.07) is 16.9. The zero-order valence-corrected chi connectivity index (χ0v) is 17.9. The first-order chi connectivity index (χ1) is 15.0. The van der Waals surface area contributed by atoms with Gasteiger partial charge in [0, 0.05) is 44.0 Å². The Labute approximate surface area is 183 Å². The number of benzene rings is 2. The zero-order chi connectivity index (χ0) is 21.8. The molecule has 0 aliphatic rings. The minimum atomic E-state index is -0.245. The Morgan fingerprint density at radius 3 is 2.45 bits per heavy atom. The third-order valence-electron chi connectivity index (χ3n) is 4.68. The van der Waals surface area contributed by atoms with Crippen molar-refractivity contribution in [3.8, 4) is 22.0 Å². The predicted molar refractivity (Wildman–Crippen MR) is 122 cm³/mol. The number of nitrogens with zero attached hydrogens (tertiary/aromatic N) is 3. The number of aryl methyl sites for hydroxylation is 1. The number of rotatable bonds is 6. The van der Waals surface area contributed by atoms with Crippen LogP contribution in [0.25, 0.3) is 22.0 Å². The molecule has 8 heteroatoms. The van der Waals surface area contributed by atoms with Crippen molar-refractivity contribution in [1.29, 1.82) is 0 Å². The molecular weight excluding hydrogens is 410 g/mol. The molecule has 0 radical (unpaired) electrons. The number of nitrogens with one attached hydrogen (secondary N) is 2. The van der Waals surface area contributed by atoms with Crippen LogP contribution in [0.1, 0.15) is 22.8 Å². The van der Waals surface area contributed by atoms with Gasteiger partial charge in [0.15, 0.2) is 11.0 Å². The topological polar surface area (TPSA) is 88.9 Å². The fourth-order valence-corrected chi connectivity index (χ4v) is 4.09. The van der Waals surface area contributed by atoms with E-state index in [1.807, 2.05) is 60.3 Å². The molecule has 0 unspecified atom stereocenters. The van der Waals surface area contributed by atoms with E-state index in [1.165, 1.54) is 18.3 Å². The largest absolute Gasteiger partial charge is 0.352 e. The maximum atomic E-state index is 12.8. The Kier molecular flexibility index (Phi) is 5.90. The minimum Gasteiger partial charge on any atom is -0.352 e. The van der Waals surface area contributed by atoms with Crippen LogP contribution in [0.15, 0.2) is 67.0 Å². The Morgan fingerprint density at radius 1 is 1.06 bits per heavy atom. The standard InChI is InChI=1S/C23H21N5O2S/c1-15(29)25-14-16-8-10-18(11-9-16)22(30)27-23-26-19(17-6-4-3-5-7-17)20(31-23)21-24-12-13-28(21)2/h3-13H,14H2,1-2H3,(H,25,29)(H,26,27,30). The van der Waals surface area contributed by atoms with E-state index >= 15 is 0 Å². The van der Waals surface area contributed by atoms with Crippen LogP contribution in [0, 0.1) is 0 Å². The number of thiazole rings is 1. The summed E-state index contributed by atoms with van der Waals surface area (Å²) in [6.07, 6.45) is 3.62. The summed E-state index contributed by atoms with van der Waals surface area (Å²) < 4.78 is 1.93. The number of carbonyl (C=O) groups is 2. The van der Waals surface area contributed by atoms with E-state index in [1.54, 1.807) is 18.3 Å². The lowest BCUT2D eigenvalue weighted by Gasteiger charge is -2.05. The molecule has 2 amide bonds. The van der Waals surface area contributed by atoms with Gasteiger partial charge in [-0.3, -0.25) is 14.9 Å². The molecular formula is C23H21N5O2S. The first-order valence-electron chi connectivity index (χ1n) is 9.70. The average molecular weight is 432 g/mol. The molecule has 0 atom stereocenters. The van der Waals surface area contributed by atoms with E-state index in [0.717, 1.165) is 27.5 Å². The van der Waals surface area contributed by atoms with Crippen molar-refractivity contribution in [2.24, 2.45) is 7.05 Å². The van der Waals surface area contributed by atoms with Crippen molar-refractivity contribution in [3.63, 3.8) is 0 Å². The number of aromatic nitrogens is 3. The number of hydrogen-bond acceptors (Lipinski definition) is 5. The van der Waals surface area contributed by atoms with Crippen molar-refractivity contribution in [2.45, 2.75) is 13.5 Å². The Hall–Kier alpha value is -3.78. The quantitative estimate of drug-likeness (QED) is 0.481. The molecule has 4 rings (SSSR count). The van der Waals surface area contributed by atoms with Crippen LogP contribution < -0.4 is 10.6 Å². The number of imidazole rings is 1. The maximum absolute atomic E-state index is 12.8. The molecule has 0 aliphatic carbocycles.